The number of carbonyl (C=O) groups is 1. The van der Waals surface area contributed by atoms with E-state index in [1.54, 1.807) is 0 Å². The number of unbranched alkanes of at least 4 members (excludes halogenated alkanes) is 1. The Morgan fingerprint density at radius 1 is 1.28 bits per heavy atom. The standard InChI is InChI=1S/C15H16BrNO/c16-14(9-4-5-12-17)10-6-11-15(18)13-7-2-1-3-8-13/h1-3,7-8,10H,4-6,9,11H2/b14-10-. The van der Waals surface area contributed by atoms with Crippen LogP contribution >= 0.6 is 15.9 Å². The fourth-order valence-corrected chi connectivity index (χ4v) is 2.08. The van der Waals surface area contributed by atoms with Crippen molar-refractivity contribution >= 4 is 21.7 Å². The van der Waals surface area contributed by atoms with E-state index in [1.807, 2.05) is 36.4 Å². The first-order valence-corrected chi connectivity index (χ1v) is 6.83. The second-order valence-electron chi connectivity index (χ2n) is 3.99. The van der Waals surface area contributed by atoms with Crippen molar-refractivity contribution in [3.05, 3.63) is 46.5 Å². The van der Waals surface area contributed by atoms with E-state index in [1.165, 1.54) is 0 Å². The predicted molar refractivity (Wildman–Crippen MR) is 76.5 cm³/mol. The number of hydrogen-bond acceptors (Lipinski definition) is 2. The molecule has 0 bridgehead atoms. The number of Topliss-reactive ketones (excluding diaryl/α,β-unsaturated/α-hetero) is 1. The highest BCUT2D eigenvalue weighted by molar-refractivity contribution is 9.11. The molecule has 0 atom stereocenters. The Balaban J connectivity index is 2.31. The van der Waals surface area contributed by atoms with E-state index < -0.39 is 0 Å². The van der Waals surface area contributed by atoms with Crippen molar-refractivity contribution in [2.75, 3.05) is 0 Å². The molecule has 0 fully saturated rings. The Labute approximate surface area is 116 Å². The Kier molecular flexibility index (Phi) is 7.05. The summed E-state index contributed by atoms with van der Waals surface area (Å²) in [6, 6.07) is 11.5. The highest BCUT2D eigenvalue weighted by atomic mass is 79.9. The molecule has 0 aliphatic carbocycles. The van der Waals surface area contributed by atoms with E-state index >= 15 is 0 Å². The SMILES string of the molecule is N#CCCC/C(Br)=C/CCC(=O)c1ccccc1. The summed E-state index contributed by atoms with van der Waals surface area (Å²) in [7, 11) is 0. The molecule has 0 radical (unpaired) electrons. The van der Waals surface area contributed by atoms with Crippen LogP contribution in [0.15, 0.2) is 40.9 Å². The van der Waals surface area contributed by atoms with Gasteiger partial charge in [0.1, 0.15) is 0 Å². The van der Waals surface area contributed by atoms with Crippen LogP contribution in [0, 0.1) is 11.3 Å². The summed E-state index contributed by atoms with van der Waals surface area (Å²) >= 11 is 3.45. The van der Waals surface area contributed by atoms with Gasteiger partial charge in [-0.05, 0) is 23.7 Å². The van der Waals surface area contributed by atoms with Crippen LogP contribution in [0.4, 0.5) is 0 Å². The van der Waals surface area contributed by atoms with Gasteiger partial charge in [0.25, 0.3) is 0 Å². The Morgan fingerprint density at radius 2 is 2.00 bits per heavy atom. The summed E-state index contributed by atoms with van der Waals surface area (Å²) < 4.78 is 1.08. The zero-order chi connectivity index (χ0) is 13.2. The van der Waals surface area contributed by atoms with E-state index in [-0.39, 0.29) is 5.78 Å². The van der Waals surface area contributed by atoms with E-state index in [9.17, 15) is 4.79 Å². The maximum Gasteiger partial charge on any atom is 0.163 e. The van der Waals surface area contributed by atoms with Crippen molar-refractivity contribution in [2.24, 2.45) is 0 Å². The molecule has 0 N–H and O–H groups in total. The Morgan fingerprint density at radius 3 is 2.67 bits per heavy atom. The number of hydrogen-bond donors (Lipinski definition) is 0. The zero-order valence-electron chi connectivity index (χ0n) is 10.2. The first-order chi connectivity index (χ1) is 8.74. The third-order valence-corrected chi connectivity index (χ3v) is 3.26. The third-order valence-electron chi connectivity index (χ3n) is 2.54. The molecule has 0 amide bonds. The molecule has 2 nitrogen and oxygen atoms in total. The molecule has 18 heavy (non-hydrogen) atoms. The van der Waals surface area contributed by atoms with Gasteiger partial charge in [-0.3, -0.25) is 4.79 Å². The molecule has 0 spiro atoms. The van der Waals surface area contributed by atoms with Gasteiger partial charge in [0.2, 0.25) is 0 Å². The minimum absolute atomic E-state index is 0.171. The summed E-state index contributed by atoms with van der Waals surface area (Å²) in [6.07, 6.45) is 5.59. The number of halogens is 1. The van der Waals surface area contributed by atoms with E-state index in [0.717, 1.165) is 29.3 Å². The van der Waals surface area contributed by atoms with Gasteiger partial charge >= 0.3 is 0 Å². The topological polar surface area (TPSA) is 40.9 Å². The average Bonchev–Trinajstić information content (AvgIpc) is 2.40. The van der Waals surface area contributed by atoms with E-state index in [2.05, 4.69) is 22.0 Å². The van der Waals surface area contributed by atoms with Crippen molar-refractivity contribution in [3.8, 4) is 6.07 Å². The van der Waals surface area contributed by atoms with E-state index in [4.69, 9.17) is 5.26 Å². The molecule has 0 aromatic heterocycles. The van der Waals surface area contributed by atoms with Gasteiger partial charge in [0.15, 0.2) is 5.78 Å². The van der Waals surface area contributed by atoms with Crippen LogP contribution in [-0.4, -0.2) is 5.78 Å². The fourth-order valence-electron chi connectivity index (χ4n) is 1.57. The van der Waals surface area contributed by atoms with Gasteiger partial charge in [-0.25, -0.2) is 0 Å². The maximum atomic E-state index is 11.8. The lowest BCUT2D eigenvalue weighted by atomic mass is 10.1. The smallest absolute Gasteiger partial charge is 0.163 e. The predicted octanol–water partition coefficient (Wildman–Crippen LogP) is 4.62. The highest BCUT2D eigenvalue weighted by Gasteiger charge is 2.03. The number of nitrogens with zero attached hydrogens (tertiary/aromatic N) is 1. The molecule has 0 heterocycles. The van der Waals surface area contributed by atoms with Crippen LogP contribution < -0.4 is 0 Å². The molecule has 3 heteroatoms. The van der Waals surface area contributed by atoms with Gasteiger partial charge in [0.05, 0.1) is 6.07 Å². The summed E-state index contributed by atoms with van der Waals surface area (Å²) in [5.41, 5.74) is 0.770. The van der Waals surface area contributed by atoms with Crippen LogP contribution in [0.1, 0.15) is 42.5 Å². The molecule has 0 unspecified atom stereocenters. The zero-order valence-corrected chi connectivity index (χ0v) is 11.8. The van der Waals surface area contributed by atoms with Gasteiger partial charge in [-0.15, -0.1) is 0 Å². The number of allylic oxidation sites excluding steroid dienone is 2. The van der Waals surface area contributed by atoms with Crippen LogP contribution in [0.2, 0.25) is 0 Å². The summed E-state index contributed by atoms with van der Waals surface area (Å²) in [6.45, 7) is 0. The lowest BCUT2D eigenvalue weighted by Crippen LogP contribution is -1.97. The number of benzene rings is 1. The summed E-state index contributed by atoms with van der Waals surface area (Å²) in [4.78, 5) is 11.8. The van der Waals surface area contributed by atoms with E-state index in [0.29, 0.717) is 12.8 Å². The minimum atomic E-state index is 0.171. The lowest BCUT2D eigenvalue weighted by molar-refractivity contribution is 0.0983. The Bertz CT molecular complexity index is 445. The number of ketones is 1. The average molecular weight is 306 g/mol. The minimum Gasteiger partial charge on any atom is -0.294 e. The summed E-state index contributed by atoms with van der Waals surface area (Å²) in [5.74, 6) is 0.171. The third kappa shape index (κ3) is 5.79. The second kappa shape index (κ2) is 8.66. The monoisotopic (exact) mass is 305 g/mol. The normalized spacial score (nSPS) is 11.0. The Hall–Kier alpha value is -1.40. The van der Waals surface area contributed by atoms with Gasteiger partial charge in [-0.1, -0.05) is 52.3 Å². The number of carbonyl (C=O) groups excluding carboxylic acids is 1. The van der Waals surface area contributed by atoms with Crippen LogP contribution in [0.25, 0.3) is 0 Å². The van der Waals surface area contributed by atoms with Crippen molar-refractivity contribution in [1.82, 2.24) is 0 Å². The van der Waals surface area contributed by atoms with Crippen molar-refractivity contribution in [3.63, 3.8) is 0 Å². The molecular weight excluding hydrogens is 290 g/mol. The maximum absolute atomic E-state index is 11.8. The quantitative estimate of drug-likeness (QED) is 0.544. The van der Waals surface area contributed by atoms with Crippen LogP contribution in [-0.2, 0) is 0 Å². The molecule has 0 aliphatic rings. The highest BCUT2D eigenvalue weighted by Crippen LogP contribution is 2.16. The molecule has 1 aromatic rings. The molecule has 0 saturated heterocycles. The van der Waals surface area contributed by atoms with Crippen molar-refractivity contribution < 1.29 is 4.79 Å². The van der Waals surface area contributed by atoms with Crippen LogP contribution in [0.3, 0.4) is 0 Å². The summed E-state index contributed by atoms with van der Waals surface area (Å²) in [5, 5.41) is 8.42. The second-order valence-corrected chi connectivity index (χ2v) is 5.01. The molecule has 94 valence electrons. The van der Waals surface area contributed by atoms with Gasteiger partial charge in [-0.2, -0.15) is 5.26 Å². The number of nitriles is 1. The number of rotatable bonds is 7. The van der Waals surface area contributed by atoms with Gasteiger partial charge in [0, 0.05) is 18.4 Å². The molecule has 0 saturated carbocycles. The van der Waals surface area contributed by atoms with Crippen molar-refractivity contribution in [1.29, 1.82) is 5.26 Å². The van der Waals surface area contributed by atoms with Crippen LogP contribution in [0.5, 0.6) is 0 Å². The lowest BCUT2D eigenvalue weighted by Gasteiger charge is -1.99. The fraction of sp³-hybridized carbons (Fsp3) is 0.333. The largest absolute Gasteiger partial charge is 0.294 e. The first-order valence-electron chi connectivity index (χ1n) is 6.03. The first kappa shape index (κ1) is 14.7. The molecule has 1 aromatic carbocycles. The molecular formula is C15H16BrNO. The molecule has 1 rings (SSSR count). The van der Waals surface area contributed by atoms with Crippen molar-refractivity contribution in [2.45, 2.75) is 32.1 Å². The molecule has 0 aliphatic heterocycles. The van der Waals surface area contributed by atoms with Gasteiger partial charge < -0.3 is 0 Å².